The number of benzene rings is 1. The molecule has 0 atom stereocenters. The summed E-state index contributed by atoms with van der Waals surface area (Å²) >= 11 is 0. The van der Waals surface area contributed by atoms with Gasteiger partial charge in [0.25, 0.3) is 0 Å². The Morgan fingerprint density at radius 2 is 1.94 bits per heavy atom. The molecule has 3 nitrogen and oxygen atoms in total. The lowest BCUT2D eigenvalue weighted by Gasteiger charge is -2.29. The van der Waals surface area contributed by atoms with Gasteiger partial charge in [-0.3, -0.25) is 0 Å². The maximum atomic E-state index is 8.74. The highest BCUT2D eigenvalue weighted by Gasteiger charge is 2.22. The van der Waals surface area contributed by atoms with Gasteiger partial charge < -0.3 is 9.47 Å². The summed E-state index contributed by atoms with van der Waals surface area (Å²) in [5, 5.41) is 8.74. The third-order valence-electron chi connectivity index (χ3n) is 3.06. The number of ether oxygens (including phenoxy) is 2. The number of hydrogen-bond acceptors (Lipinski definition) is 3. The van der Waals surface area contributed by atoms with E-state index < -0.39 is 0 Å². The smallest absolute Gasteiger partial charge is 0.183 e. The van der Waals surface area contributed by atoms with Crippen molar-refractivity contribution in [1.82, 2.24) is 0 Å². The topological polar surface area (TPSA) is 42.2 Å². The second-order valence-electron chi connectivity index (χ2n) is 4.46. The molecular weight excluding hydrogens is 226 g/mol. The molecule has 0 aliphatic carbocycles. The van der Waals surface area contributed by atoms with Gasteiger partial charge in [-0.25, -0.2) is 0 Å². The molecule has 0 spiro atoms. The van der Waals surface area contributed by atoms with Crippen molar-refractivity contribution in [2.45, 2.75) is 19.1 Å². The molecule has 1 saturated heterocycles. The Morgan fingerprint density at radius 1 is 1.28 bits per heavy atom. The first-order valence-corrected chi connectivity index (χ1v) is 6.17. The van der Waals surface area contributed by atoms with Crippen LogP contribution >= 0.6 is 0 Å². The van der Waals surface area contributed by atoms with E-state index in [1.165, 1.54) is 0 Å². The number of nitrogens with zero attached hydrogens (tertiary/aromatic N) is 1. The summed E-state index contributed by atoms with van der Waals surface area (Å²) in [6.45, 7) is 5.16. The quantitative estimate of drug-likeness (QED) is 0.763. The average molecular weight is 243 g/mol. The van der Waals surface area contributed by atoms with Crippen LogP contribution in [0.1, 0.15) is 30.3 Å². The second kappa shape index (κ2) is 6.34. The van der Waals surface area contributed by atoms with E-state index in [4.69, 9.17) is 14.7 Å². The fraction of sp³-hybridized carbons (Fsp3) is 0.400. The zero-order valence-corrected chi connectivity index (χ0v) is 10.3. The molecule has 1 aromatic rings. The highest BCUT2D eigenvalue weighted by molar-refractivity contribution is 5.32. The van der Waals surface area contributed by atoms with Gasteiger partial charge in [-0.15, -0.1) is 6.58 Å². The van der Waals surface area contributed by atoms with E-state index in [0.29, 0.717) is 11.5 Å². The molecule has 0 N–H and O–H groups in total. The van der Waals surface area contributed by atoms with Gasteiger partial charge in [0.05, 0.1) is 24.8 Å². The van der Waals surface area contributed by atoms with E-state index in [1.54, 1.807) is 12.1 Å². The fourth-order valence-corrected chi connectivity index (χ4v) is 1.97. The van der Waals surface area contributed by atoms with Gasteiger partial charge >= 0.3 is 0 Å². The Bertz CT molecular complexity index is 425. The van der Waals surface area contributed by atoms with Gasteiger partial charge in [0.15, 0.2) is 6.29 Å². The molecule has 0 radical (unpaired) electrons. The summed E-state index contributed by atoms with van der Waals surface area (Å²) in [5.74, 6) is 0.456. The molecule has 2 rings (SSSR count). The van der Waals surface area contributed by atoms with Gasteiger partial charge in [-0.05, 0) is 25.0 Å². The van der Waals surface area contributed by atoms with Gasteiger partial charge in [0.2, 0.25) is 0 Å². The Balaban J connectivity index is 1.88. The maximum Gasteiger partial charge on any atom is 0.183 e. The minimum atomic E-state index is -0.294. The standard InChI is InChI=1S/C15H17NO2/c1-2-3-4-13-10-17-15(18-11-13)14-7-5-12(9-16)6-8-14/h2,5-8,13,15H,1,3-4,10-11H2. The minimum absolute atomic E-state index is 0.294. The molecule has 0 unspecified atom stereocenters. The maximum absolute atomic E-state index is 8.74. The number of hydrogen-bond donors (Lipinski definition) is 0. The Labute approximate surface area is 108 Å². The molecule has 1 aromatic carbocycles. The van der Waals surface area contributed by atoms with Crippen LogP contribution in [0.5, 0.6) is 0 Å². The molecule has 1 aliphatic rings. The Kier molecular flexibility index (Phi) is 4.52. The molecule has 0 saturated carbocycles. The van der Waals surface area contributed by atoms with E-state index in [9.17, 15) is 0 Å². The molecule has 0 aromatic heterocycles. The molecule has 0 bridgehead atoms. The minimum Gasteiger partial charge on any atom is -0.348 e. The lowest BCUT2D eigenvalue weighted by atomic mass is 10.0. The molecule has 1 heterocycles. The van der Waals surface area contributed by atoms with E-state index in [0.717, 1.165) is 31.6 Å². The van der Waals surface area contributed by atoms with Crippen LogP contribution in [0.15, 0.2) is 36.9 Å². The van der Waals surface area contributed by atoms with Crippen molar-refractivity contribution < 1.29 is 9.47 Å². The summed E-state index contributed by atoms with van der Waals surface area (Å²) in [5.41, 5.74) is 1.62. The highest BCUT2D eigenvalue weighted by Crippen LogP contribution is 2.26. The number of nitriles is 1. The lowest BCUT2D eigenvalue weighted by Crippen LogP contribution is -2.26. The van der Waals surface area contributed by atoms with Crippen molar-refractivity contribution in [3.63, 3.8) is 0 Å². The van der Waals surface area contributed by atoms with Crippen molar-refractivity contribution in [1.29, 1.82) is 5.26 Å². The van der Waals surface area contributed by atoms with Crippen LogP contribution in [0.4, 0.5) is 0 Å². The second-order valence-corrected chi connectivity index (χ2v) is 4.46. The SMILES string of the molecule is C=CCCC1COC(c2ccc(C#N)cc2)OC1. The highest BCUT2D eigenvalue weighted by atomic mass is 16.7. The molecule has 3 heteroatoms. The first-order chi connectivity index (χ1) is 8.83. The van der Waals surface area contributed by atoms with Crippen LogP contribution in [-0.2, 0) is 9.47 Å². The summed E-state index contributed by atoms with van der Waals surface area (Å²) in [7, 11) is 0. The fourth-order valence-electron chi connectivity index (χ4n) is 1.97. The van der Waals surface area contributed by atoms with Crippen molar-refractivity contribution in [2.24, 2.45) is 5.92 Å². The first kappa shape index (κ1) is 12.8. The van der Waals surface area contributed by atoms with Gasteiger partial charge in [0, 0.05) is 11.5 Å². The molecular formula is C15H17NO2. The summed E-state index contributed by atoms with van der Waals surface area (Å²) < 4.78 is 11.4. The van der Waals surface area contributed by atoms with Crippen molar-refractivity contribution in [3.05, 3.63) is 48.0 Å². The van der Waals surface area contributed by atoms with Crippen LogP contribution in [0.25, 0.3) is 0 Å². The van der Waals surface area contributed by atoms with Crippen molar-refractivity contribution >= 4 is 0 Å². The Morgan fingerprint density at radius 3 is 2.50 bits per heavy atom. The first-order valence-electron chi connectivity index (χ1n) is 6.17. The zero-order valence-electron chi connectivity index (χ0n) is 10.3. The van der Waals surface area contributed by atoms with E-state index >= 15 is 0 Å². The third kappa shape index (κ3) is 3.19. The van der Waals surface area contributed by atoms with Crippen molar-refractivity contribution in [2.75, 3.05) is 13.2 Å². The van der Waals surface area contributed by atoms with Crippen LogP contribution in [-0.4, -0.2) is 13.2 Å². The van der Waals surface area contributed by atoms with E-state index in [1.807, 2.05) is 18.2 Å². The number of rotatable bonds is 4. The van der Waals surface area contributed by atoms with Crippen LogP contribution in [0.3, 0.4) is 0 Å². The summed E-state index contributed by atoms with van der Waals surface area (Å²) in [4.78, 5) is 0. The molecule has 1 aliphatic heterocycles. The normalized spacial score (nSPS) is 23.3. The largest absolute Gasteiger partial charge is 0.348 e. The Hall–Kier alpha value is -1.63. The molecule has 94 valence electrons. The van der Waals surface area contributed by atoms with Crippen LogP contribution in [0.2, 0.25) is 0 Å². The molecule has 0 amide bonds. The lowest BCUT2D eigenvalue weighted by molar-refractivity contribution is -0.205. The predicted octanol–water partition coefficient (Wildman–Crippen LogP) is 3.19. The van der Waals surface area contributed by atoms with E-state index in [2.05, 4.69) is 12.6 Å². The molecule has 1 fully saturated rings. The number of allylic oxidation sites excluding steroid dienone is 1. The predicted molar refractivity (Wildman–Crippen MR) is 68.7 cm³/mol. The molecule has 18 heavy (non-hydrogen) atoms. The zero-order chi connectivity index (χ0) is 12.8. The third-order valence-corrected chi connectivity index (χ3v) is 3.06. The summed E-state index contributed by atoms with van der Waals surface area (Å²) in [6, 6.07) is 9.43. The monoisotopic (exact) mass is 243 g/mol. The average Bonchev–Trinajstić information content (AvgIpc) is 2.46. The summed E-state index contributed by atoms with van der Waals surface area (Å²) in [6.07, 6.45) is 3.69. The van der Waals surface area contributed by atoms with Crippen molar-refractivity contribution in [3.8, 4) is 6.07 Å². The van der Waals surface area contributed by atoms with Gasteiger partial charge in [-0.1, -0.05) is 18.2 Å². The van der Waals surface area contributed by atoms with Crippen LogP contribution in [0, 0.1) is 17.2 Å². The van der Waals surface area contributed by atoms with Crippen LogP contribution < -0.4 is 0 Å². The van der Waals surface area contributed by atoms with E-state index in [-0.39, 0.29) is 6.29 Å². The van der Waals surface area contributed by atoms with Gasteiger partial charge in [0.1, 0.15) is 0 Å². The van der Waals surface area contributed by atoms with Gasteiger partial charge in [-0.2, -0.15) is 5.26 Å².